The van der Waals surface area contributed by atoms with Crippen LogP contribution < -0.4 is 0 Å². The van der Waals surface area contributed by atoms with Gasteiger partial charge >= 0.3 is 5.97 Å². The Bertz CT molecular complexity index is 1130. The number of fused-ring (bicyclic) bond motifs is 1. The molecule has 1 aliphatic carbocycles. The van der Waals surface area contributed by atoms with Crippen molar-refractivity contribution >= 4 is 28.9 Å². The number of halogens is 1. The van der Waals surface area contributed by atoms with E-state index >= 15 is 0 Å². The minimum atomic E-state index is -0.536. The van der Waals surface area contributed by atoms with Crippen LogP contribution in [0.2, 0.25) is 5.15 Å². The van der Waals surface area contributed by atoms with Gasteiger partial charge in [-0.1, -0.05) is 62.2 Å². The Balaban J connectivity index is 1.73. The maximum Gasteiger partial charge on any atom is 0.331 e. The van der Waals surface area contributed by atoms with Crippen molar-refractivity contribution in [2.45, 2.75) is 46.6 Å². The Hall–Kier alpha value is -2.78. The first-order valence-electron chi connectivity index (χ1n) is 10.3. The van der Waals surface area contributed by atoms with Crippen molar-refractivity contribution < 1.29 is 9.53 Å². The van der Waals surface area contributed by atoms with E-state index in [1.54, 1.807) is 0 Å². The molecule has 1 aromatic carbocycles. The van der Waals surface area contributed by atoms with E-state index in [4.69, 9.17) is 22.9 Å². The van der Waals surface area contributed by atoms with Gasteiger partial charge in [0.1, 0.15) is 16.8 Å². The summed E-state index contributed by atoms with van der Waals surface area (Å²) in [5.74, 6) is 1.18. The summed E-state index contributed by atoms with van der Waals surface area (Å²) in [4.78, 5) is 21.3. The number of esters is 1. The van der Waals surface area contributed by atoms with E-state index in [-0.39, 0.29) is 34.3 Å². The molecule has 6 nitrogen and oxygen atoms in total. The van der Waals surface area contributed by atoms with Crippen LogP contribution in [-0.4, -0.2) is 26.7 Å². The monoisotopic (exact) mass is 424 g/mol. The molecule has 0 saturated heterocycles. The van der Waals surface area contributed by atoms with Crippen molar-refractivity contribution in [3.8, 4) is 11.4 Å². The number of H-pyrrole nitrogens is 1. The average molecular weight is 425 g/mol. The van der Waals surface area contributed by atoms with Gasteiger partial charge in [-0.05, 0) is 37.5 Å². The summed E-state index contributed by atoms with van der Waals surface area (Å²) in [6, 6.07) is 7.87. The highest BCUT2D eigenvalue weighted by Gasteiger charge is 2.36. The lowest BCUT2D eigenvalue weighted by molar-refractivity contribution is -0.0249. The number of aryl methyl sites for hydroxylation is 1. The van der Waals surface area contributed by atoms with E-state index in [9.17, 15) is 4.79 Å². The lowest BCUT2D eigenvalue weighted by atomic mass is 9.75. The highest BCUT2D eigenvalue weighted by molar-refractivity contribution is 6.34. The predicted molar refractivity (Wildman–Crippen MR) is 117 cm³/mol. The van der Waals surface area contributed by atoms with Crippen LogP contribution in [0.5, 0.6) is 0 Å². The minimum absolute atomic E-state index is 0.0698. The average Bonchev–Trinajstić information content (AvgIpc) is 3.23. The molecule has 1 fully saturated rings. The van der Waals surface area contributed by atoms with Crippen molar-refractivity contribution in [2.75, 3.05) is 0 Å². The number of aromatic nitrogens is 3. The molecule has 2 aromatic heterocycles. The highest BCUT2D eigenvalue weighted by atomic mass is 35.5. The summed E-state index contributed by atoms with van der Waals surface area (Å²) < 4.78 is 7.42. The topological polar surface area (TPSA) is 63.8 Å². The molecule has 30 heavy (non-hydrogen) atoms. The zero-order valence-corrected chi connectivity index (χ0v) is 18.3. The summed E-state index contributed by atoms with van der Waals surface area (Å²) in [5.41, 5.74) is 2.52. The number of carbonyl (C=O) groups excluding carboxylic acids is 1. The third-order valence-corrected chi connectivity index (χ3v) is 6.40. The van der Waals surface area contributed by atoms with Crippen LogP contribution in [0.3, 0.4) is 0 Å². The Morgan fingerprint density at radius 3 is 2.47 bits per heavy atom. The van der Waals surface area contributed by atoms with Crippen LogP contribution in [0.25, 0.3) is 21.9 Å². The van der Waals surface area contributed by atoms with Gasteiger partial charge in [0.25, 0.3) is 0 Å². The summed E-state index contributed by atoms with van der Waals surface area (Å²) in [6.07, 6.45) is 1.85. The lowest BCUT2D eigenvalue weighted by Gasteiger charge is -2.37. The van der Waals surface area contributed by atoms with Crippen LogP contribution in [0.15, 0.2) is 24.3 Å². The molecule has 4 rings (SSSR count). The first-order valence-corrected chi connectivity index (χ1v) is 10.6. The van der Waals surface area contributed by atoms with Crippen molar-refractivity contribution in [3.05, 3.63) is 52.0 Å². The maximum absolute atomic E-state index is 13.2. The molecule has 1 aliphatic rings. The molecule has 2 atom stereocenters. The number of nitrogens with one attached hydrogen (secondary N) is 1. The zero-order valence-electron chi connectivity index (χ0n) is 17.6. The number of hydrogen-bond acceptors (Lipinski definition) is 3. The van der Waals surface area contributed by atoms with Gasteiger partial charge in [-0.2, -0.15) is 0 Å². The van der Waals surface area contributed by atoms with Crippen LogP contribution in [0.4, 0.5) is 5.69 Å². The molecular formula is C23H25ClN4O2. The van der Waals surface area contributed by atoms with Gasteiger partial charge in [0, 0.05) is 5.56 Å². The second kappa shape index (κ2) is 7.81. The molecular weight excluding hydrogens is 400 g/mol. The van der Waals surface area contributed by atoms with Crippen LogP contribution in [-0.2, 0) is 4.74 Å². The number of benzene rings is 1. The van der Waals surface area contributed by atoms with Gasteiger partial charge in [0.2, 0.25) is 5.69 Å². The van der Waals surface area contributed by atoms with E-state index in [2.05, 4.69) is 35.7 Å². The fourth-order valence-corrected chi connectivity index (χ4v) is 4.96. The van der Waals surface area contributed by atoms with Crippen LogP contribution in [0, 0.1) is 31.2 Å². The lowest BCUT2D eigenvalue weighted by Crippen LogP contribution is -2.37. The molecule has 0 aliphatic heterocycles. The van der Waals surface area contributed by atoms with E-state index in [1.807, 2.05) is 31.2 Å². The van der Waals surface area contributed by atoms with Gasteiger partial charge in [0.05, 0.1) is 6.57 Å². The van der Waals surface area contributed by atoms with Gasteiger partial charge in [-0.15, -0.1) is 0 Å². The quantitative estimate of drug-likeness (QED) is 0.410. The molecule has 1 saturated carbocycles. The smallest absolute Gasteiger partial charge is 0.331 e. The summed E-state index contributed by atoms with van der Waals surface area (Å²) >= 11 is 6.42. The van der Waals surface area contributed by atoms with E-state index in [1.165, 1.54) is 4.52 Å². The fraction of sp³-hybridized carbons (Fsp3) is 0.435. The summed E-state index contributed by atoms with van der Waals surface area (Å²) in [6.45, 7) is 16.0. The fourth-order valence-electron chi connectivity index (χ4n) is 4.70. The minimum Gasteiger partial charge on any atom is -0.459 e. The third-order valence-electron chi connectivity index (χ3n) is 6.05. The molecule has 0 radical (unpaired) electrons. The Morgan fingerprint density at radius 2 is 1.87 bits per heavy atom. The van der Waals surface area contributed by atoms with Crippen molar-refractivity contribution in [1.82, 2.24) is 14.6 Å². The second-order valence-electron chi connectivity index (χ2n) is 8.62. The van der Waals surface area contributed by atoms with Crippen LogP contribution >= 0.6 is 11.6 Å². The van der Waals surface area contributed by atoms with Gasteiger partial charge in [0.15, 0.2) is 11.5 Å². The van der Waals surface area contributed by atoms with E-state index in [0.717, 1.165) is 24.0 Å². The predicted octanol–water partition coefficient (Wildman–Crippen LogP) is 6.07. The Labute approximate surface area is 181 Å². The van der Waals surface area contributed by atoms with Crippen molar-refractivity contribution in [2.24, 2.45) is 17.8 Å². The first-order chi connectivity index (χ1) is 14.3. The Morgan fingerprint density at radius 1 is 1.23 bits per heavy atom. The normalized spacial score (nSPS) is 24.0. The van der Waals surface area contributed by atoms with Gasteiger partial charge in [-0.25, -0.2) is 19.1 Å². The van der Waals surface area contributed by atoms with Crippen LogP contribution in [0.1, 0.15) is 49.5 Å². The zero-order chi connectivity index (χ0) is 21.6. The number of rotatable bonds is 3. The number of ether oxygens (including phenoxy) is 1. The standard InChI is InChI=1S/C23H25ClN4O2/c1-12-6-8-16(9-7-12)21-26-22-17(18(25-5)20(24)28(22)27-21)23(29)30-19-14(3)10-13(2)11-15(19)4/h6-9,13-15,19H,10-11H2,1-4H3,(H,26,27). The maximum atomic E-state index is 13.2. The molecule has 2 unspecified atom stereocenters. The molecule has 1 N–H and O–H groups in total. The molecule has 0 amide bonds. The number of carbonyl (C=O) groups is 1. The molecule has 2 heterocycles. The molecule has 0 spiro atoms. The Kier molecular flexibility index (Phi) is 5.33. The second-order valence-corrected chi connectivity index (χ2v) is 8.98. The van der Waals surface area contributed by atoms with Gasteiger partial charge in [-0.3, -0.25) is 5.10 Å². The number of nitrogens with zero attached hydrogens (tertiary/aromatic N) is 3. The van der Waals surface area contributed by atoms with Crippen molar-refractivity contribution in [3.63, 3.8) is 0 Å². The first kappa shape index (κ1) is 20.5. The number of aromatic amines is 1. The highest BCUT2D eigenvalue weighted by Crippen LogP contribution is 2.39. The molecule has 7 heteroatoms. The molecule has 3 aromatic rings. The van der Waals surface area contributed by atoms with E-state index in [0.29, 0.717) is 17.4 Å². The summed E-state index contributed by atoms with van der Waals surface area (Å²) in [7, 11) is 0. The largest absolute Gasteiger partial charge is 0.459 e. The summed E-state index contributed by atoms with van der Waals surface area (Å²) in [5, 5.41) is 3.23. The molecule has 0 bridgehead atoms. The molecule has 156 valence electrons. The number of hydrogen-bond donors (Lipinski definition) is 1. The van der Waals surface area contributed by atoms with Gasteiger partial charge < -0.3 is 4.74 Å². The SMILES string of the molecule is [C-]#[N+]c1c(C(=O)OC2C(C)CC(C)CC2C)c2nc(-c3ccc(C)cc3)[nH]n2c1Cl. The van der Waals surface area contributed by atoms with E-state index < -0.39 is 5.97 Å². The third kappa shape index (κ3) is 3.48. The van der Waals surface area contributed by atoms with Crippen molar-refractivity contribution in [1.29, 1.82) is 0 Å².